The summed E-state index contributed by atoms with van der Waals surface area (Å²) in [5.41, 5.74) is 1.90. The van der Waals surface area contributed by atoms with Crippen molar-refractivity contribution in [1.29, 1.82) is 0 Å². The third-order valence-electron chi connectivity index (χ3n) is 3.56. The lowest BCUT2D eigenvalue weighted by Gasteiger charge is -2.12. The van der Waals surface area contributed by atoms with E-state index >= 15 is 0 Å². The minimum absolute atomic E-state index is 0.643. The molecule has 0 radical (unpaired) electrons. The average Bonchev–Trinajstić information content (AvgIpc) is 2.57. The molecule has 0 saturated heterocycles. The van der Waals surface area contributed by atoms with Crippen LogP contribution in [-0.2, 0) is 0 Å². The van der Waals surface area contributed by atoms with E-state index in [0.717, 1.165) is 32.4 Å². The fraction of sp³-hybridized carbons (Fsp3) is 0.167. The summed E-state index contributed by atoms with van der Waals surface area (Å²) < 4.78 is 17.8. The van der Waals surface area contributed by atoms with Crippen molar-refractivity contribution in [3.05, 3.63) is 52.6 Å². The molecule has 0 fully saturated rings. The maximum absolute atomic E-state index is 6.04. The standard InChI is InChI=1S/C18H16BrNO3/c1-11-8-12(4-5-14(11)19)23-16-6-7-20-15-10-18(22-3)17(21-2)9-13(15)16/h4-10H,1-3H3. The second-order valence-electron chi connectivity index (χ2n) is 5.05. The van der Waals surface area contributed by atoms with E-state index in [1.807, 2.05) is 43.3 Å². The molecule has 3 aromatic rings. The lowest BCUT2D eigenvalue weighted by atomic mass is 10.1. The minimum Gasteiger partial charge on any atom is -0.493 e. The first-order chi connectivity index (χ1) is 11.1. The maximum atomic E-state index is 6.04. The Balaban J connectivity index is 2.08. The first kappa shape index (κ1) is 15.6. The first-order valence-electron chi connectivity index (χ1n) is 7.07. The molecule has 1 heterocycles. The normalized spacial score (nSPS) is 10.6. The van der Waals surface area contributed by atoms with Gasteiger partial charge in [-0.3, -0.25) is 4.98 Å². The predicted octanol–water partition coefficient (Wildman–Crippen LogP) is 5.12. The van der Waals surface area contributed by atoms with Crippen LogP contribution in [0, 0.1) is 6.92 Å². The van der Waals surface area contributed by atoms with E-state index in [1.54, 1.807) is 20.4 Å². The number of aromatic nitrogens is 1. The SMILES string of the molecule is COc1cc2nccc(Oc3ccc(Br)c(C)c3)c2cc1OC. The molecule has 0 saturated carbocycles. The molecule has 0 bridgehead atoms. The molecule has 1 aromatic heterocycles. The number of pyridine rings is 1. The summed E-state index contributed by atoms with van der Waals surface area (Å²) in [6, 6.07) is 11.4. The van der Waals surface area contributed by atoms with Crippen molar-refractivity contribution in [2.24, 2.45) is 0 Å². The van der Waals surface area contributed by atoms with Crippen molar-refractivity contribution in [2.45, 2.75) is 6.92 Å². The molecule has 5 heteroatoms. The number of hydrogen-bond acceptors (Lipinski definition) is 4. The third-order valence-corrected chi connectivity index (χ3v) is 4.45. The van der Waals surface area contributed by atoms with Crippen LogP contribution in [0.1, 0.15) is 5.56 Å². The van der Waals surface area contributed by atoms with E-state index in [1.165, 1.54) is 0 Å². The fourth-order valence-corrected chi connectivity index (χ4v) is 2.59. The zero-order valence-electron chi connectivity index (χ0n) is 13.1. The van der Waals surface area contributed by atoms with Crippen molar-refractivity contribution >= 4 is 26.8 Å². The number of halogens is 1. The first-order valence-corrected chi connectivity index (χ1v) is 7.86. The molecule has 0 amide bonds. The molecule has 0 spiro atoms. The summed E-state index contributed by atoms with van der Waals surface area (Å²) in [4.78, 5) is 4.38. The second kappa shape index (κ2) is 6.46. The number of nitrogens with zero attached hydrogens (tertiary/aromatic N) is 1. The number of methoxy groups -OCH3 is 2. The summed E-state index contributed by atoms with van der Waals surface area (Å²) in [6.45, 7) is 2.02. The van der Waals surface area contributed by atoms with Gasteiger partial charge in [0.15, 0.2) is 11.5 Å². The summed E-state index contributed by atoms with van der Waals surface area (Å²) in [5, 5.41) is 0.866. The van der Waals surface area contributed by atoms with E-state index in [9.17, 15) is 0 Å². The van der Waals surface area contributed by atoms with Crippen molar-refractivity contribution < 1.29 is 14.2 Å². The Morgan fingerprint density at radius 1 is 0.913 bits per heavy atom. The summed E-state index contributed by atoms with van der Waals surface area (Å²) >= 11 is 3.49. The van der Waals surface area contributed by atoms with Crippen molar-refractivity contribution in [3.63, 3.8) is 0 Å². The van der Waals surface area contributed by atoms with Gasteiger partial charge in [0.1, 0.15) is 11.5 Å². The van der Waals surface area contributed by atoms with Gasteiger partial charge in [-0.15, -0.1) is 0 Å². The van der Waals surface area contributed by atoms with Crippen molar-refractivity contribution in [3.8, 4) is 23.0 Å². The minimum atomic E-state index is 0.643. The smallest absolute Gasteiger partial charge is 0.162 e. The molecule has 3 rings (SSSR count). The number of fused-ring (bicyclic) bond motifs is 1. The molecule has 0 unspecified atom stereocenters. The highest BCUT2D eigenvalue weighted by Crippen LogP contribution is 2.37. The summed E-state index contributed by atoms with van der Waals surface area (Å²) in [5.74, 6) is 2.78. The molecule has 118 valence electrons. The number of hydrogen-bond donors (Lipinski definition) is 0. The van der Waals surface area contributed by atoms with Gasteiger partial charge in [0.05, 0.1) is 19.7 Å². The highest BCUT2D eigenvalue weighted by atomic mass is 79.9. The van der Waals surface area contributed by atoms with Gasteiger partial charge in [-0.2, -0.15) is 0 Å². The van der Waals surface area contributed by atoms with Crippen LogP contribution in [0.4, 0.5) is 0 Å². The van der Waals surface area contributed by atoms with Crippen LogP contribution in [0.3, 0.4) is 0 Å². The van der Waals surface area contributed by atoms with Gasteiger partial charge in [0, 0.05) is 22.1 Å². The number of rotatable bonds is 4. The van der Waals surface area contributed by atoms with Gasteiger partial charge in [-0.1, -0.05) is 15.9 Å². The Kier molecular flexibility index (Phi) is 4.39. The topological polar surface area (TPSA) is 40.6 Å². The highest BCUT2D eigenvalue weighted by Gasteiger charge is 2.11. The Morgan fingerprint density at radius 2 is 1.65 bits per heavy atom. The van der Waals surface area contributed by atoms with Gasteiger partial charge < -0.3 is 14.2 Å². The quantitative estimate of drug-likeness (QED) is 0.636. The third kappa shape index (κ3) is 3.10. The van der Waals surface area contributed by atoms with Gasteiger partial charge in [0.2, 0.25) is 0 Å². The van der Waals surface area contributed by atoms with Crippen LogP contribution in [0.15, 0.2) is 47.1 Å². The Labute approximate surface area is 143 Å². The molecule has 0 atom stereocenters. The predicted molar refractivity (Wildman–Crippen MR) is 93.8 cm³/mol. The van der Waals surface area contributed by atoms with Gasteiger partial charge in [-0.25, -0.2) is 0 Å². The van der Waals surface area contributed by atoms with Crippen molar-refractivity contribution in [2.75, 3.05) is 14.2 Å². The van der Waals surface area contributed by atoms with Crippen LogP contribution >= 0.6 is 15.9 Å². The van der Waals surface area contributed by atoms with Gasteiger partial charge in [0.25, 0.3) is 0 Å². The Bertz CT molecular complexity index is 864. The zero-order chi connectivity index (χ0) is 16.4. The number of benzene rings is 2. The van der Waals surface area contributed by atoms with Crippen molar-refractivity contribution in [1.82, 2.24) is 4.98 Å². The molecular weight excluding hydrogens is 358 g/mol. The lowest BCUT2D eigenvalue weighted by Crippen LogP contribution is -1.93. The van der Waals surface area contributed by atoms with E-state index in [-0.39, 0.29) is 0 Å². The number of aryl methyl sites for hydroxylation is 1. The molecule has 0 N–H and O–H groups in total. The van der Waals surface area contributed by atoms with Crippen LogP contribution in [-0.4, -0.2) is 19.2 Å². The maximum Gasteiger partial charge on any atom is 0.162 e. The average molecular weight is 374 g/mol. The van der Waals surface area contributed by atoms with Crippen LogP contribution in [0.25, 0.3) is 10.9 Å². The van der Waals surface area contributed by atoms with Crippen LogP contribution in [0.2, 0.25) is 0 Å². The van der Waals surface area contributed by atoms with E-state index in [0.29, 0.717) is 11.5 Å². The molecule has 0 aliphatic rings. The van der Waals surface area contributed by atoms with Crippen LogP contribution in [0.5, 0.6) is 23.0 Å². The molecule has 0 aliphatic heterocycles. The zero-order valence-corrected chi connectivity index (χ0v) is 14.7. The fourth-order valence-electron chi connectivity index (χ4n) is 2.34. The van der Waals surface area contributed by atoms with E-state index in [4.69, 9.17) is 14.2 Å². The van der Waals surface area contributed by atoms with Gasteiger partial charge >= 0.3 is 0 Å². The molecule has 4 nitrogen and oxygen atoms in total. The molecule has 2 aromatic carbocycles. The molecule has 0 aliphatic carbocycles. The lowest BCUT2D eigenvalue weighted by molar-refractivity contribution is 0.355. The largest absolute Gasteiger partial charge is 0.493 e. The molecular formula is C18H16BrNO3. The monoisotopic (exact) mass is 373 g/mol. The van der Waals surface area contributed by atoms with E-state index in [2.05, 4.69) is 20.9 Å². The van der Waals surface area contributed by atoms with Gasteiger partial charge in [-0.05, 0) is 42.8 Å². The Morgan fingerprint density at radius 3 is 2.35 bits per heavy atom. The highest BCUT2D eigenvalue weighted by molar-refractivity contribution is 9.10. The second-order valence-corrected chi connectivity index (χ2v) is 5.90. The van der Waals surface area contributed by atoms with Crippen LogP contribution < -0.4 is 14.2 Å². The molecule has 23 heavy (non-hydrogen) atoms. The number of ether oxygens (including phenoxy) is 3. The summed E-state index contributed by atoms with van der Waals surface area (Å²) in [7, 11) is 3.22. The summed E-state index contributed by atoms with van der Waals surface area (Å²) in [6.07, 6.45) is 1.72. The Hall–Kier alpha value is -2.27. The van der Waals surface area contributed by atoms with E-state index < -0.39 is 0 Å².